The van der Waals surface area contributed by atoms with Gasteiger partial charge < -0.3 is 0 Å². The Kier molecular flexibility index (Phi) is 3.83. The van der Waals surface area contributed by atoms with Crippen molar-refractivity contribution in [3.63, 3.8) is 0 Å². The third kappa shape index (κ3) is 2.67. The standard InChI is InChI=1S/C11H16ClN3O2S2/c12-11-13-7-10(18-11)19(16,17)15-6-5-14-4-2-1-3-9(14)8-15/h7,9H,1-6,8H2. The quantitative estimate of drug-likeness (QED) is 0.831. The van der Waals surface area contributed by atoms with Crippen LogP contribution < -0.4 is 0 Å². The number of sulfonamides is 1. The molecule has 106 valence electrons. The van der Waals surface area contributed by atoms with Crippen LogP contribution in [-0.4, -0.2) is 54.8 Å². The fourth-order valence-corrected chi connectivity index (χ4v) is 5.75. The molecular formula is C11H16ClN3O2S2. The Balaban J connectivity index is 1.79. The van der Waals surface area contributed by atoms with E-state index in [1.807, 2.05) is 0 Å². The fraction of sp³-hybridized carbons (Fsp3) is 0.727. The smallest absolute Gasteiger partial charge is 0.254 e. The van der Waals surface area contributed by atoms with Crippen molar-refractivity contribution < 1.29 is 8.42 Å². The zero-order valence-corrected chi connectivity index (χ0v) is 12.8. The van der Waals surface area contributed by atoms with Gasteiger partial charge in [-0.3, -0.25) is 4.90 Å². The maximum absolute atomic E-state index is 12.5. The van der Waals surface area contributed by atoms with E-state index in [4.69, 9.17) is 11.6 Å². The highest BCUT2D eigenvalue weighted by molar-refractivity contribution is 7.91. The van der Waals surface area contributed by atoms with Gasteiger partial charge in [0.05, 0.1) is 6.20 Å². The highest BCUT2D eigenvalue weighted by Crippen LogP contribution is 2.29. The number of fused-ring (bicyclic) bond motifs is 1. The number of piperidine rings is 1. The number of thiazole rings is 1. The van der Waals surface area contributed by atoms with Gasteiger partial charge in [0.25, 0.3) is 10.0 Å². The van der Waals surface area contributed by atoms with Gasteiger partial charge in [-0.05, 0) is 19.4 Å². The largest absolute Gasteiger partial charge is 0.298 e. The summed E-state index contributed by atoms with van der Waals surface area (Å²) in [7, 11) is -3.41. The first-order chi connectivity index (χ1) is 9.07. The molecule has 0 amide bonds. The third-order valence-corrected chi connectivity index (χ3v) is 7.27. The van der Waals surface area contributed by atoms with Gasteiger partial charge >= 0.3 is 0 Å². The van der Waals surface area contributed by atoms with Crippen molar-refractivity contribution in [1.82, 2.24) is 14.2 Å². The Bertz CT molecular complexity index is 560. The van der Waals surface area contributed by atoms with E-state index < -0.39 is 10.0 Å². The zero-order chi connectivity index (χ0) is 13.5. The van der Waals surface area contributed by atoms with E-state index in [-0.39, 0.29) is 8.68 Å². The van der Waals surface area contributed by atoms with Crippen LogP contribution in [0.5, 0.6) is 0 Å². The van der Waals surface area contributed by atoms with Crippen LogP contribution >= 0.6 is 22.9 Å². The van der Waals surface area contributed by atoms with Gasteiger partial charge in [-0.15, -0.1) is 0 Å². The molecule has 0 bridgehead atoms. The molecule has 1 aromatic heterocycles. The molecule has 0 aromatic carbocycles. The molecule has 0 aliphatic carbocycles. The molecule has 2 saturated heterocycles. The first-order valence-electron chi connectivity index (χ1n) is 6.43. The van der Waals surface area contributed by atoms with Crippen LogP contribution in [-0.2, 0) is 10.0 Å². The van der Waals surface area contributed by atoms with Crippen molar-refractivity contribution >= 4 is 33.0 Å². The van der Waals surface area contributed by atoms with Crippen molar-refractivity contribution in [2.24, 2.45) is 0 Å². The maximum atomic E-state index is 12.5. The first-order valence-corrected chi connectivity index (χ1v) is 9.06. The SMILES string of the molecule is O=S(=O)(c1cnc(Cl)s1)N1CCN2CCCCC2C1. The van der Waals surface area contributed by atoms with Gasteiger partial charge in [0.1, 0.15) is 0 Å². The Labute approximate surface area is 122 Å². The van der Waals surface area contributed by atoms with Crippen molar-refractivity contribution in [3.05, 3.63) is 10.7 Å². The Morgan fingerprint density at radius 3 is 2.89 bits per heavy atom. The fourth-order valence-electron chi connectivity index (χ4n) is 2.83. The van der Waals surface area contributed by atoms with Gasteiger partial charge in [0.15, 0.2) is 8.68 Å². The lowest BCUT2D eigenvalue weighted by atomic mass is 10.0. The number of nitrogens with zero attached hydrogens (tertiary/aromatic N) is 3. The molecule has 8 heteroatoms. The van der Waals surface area contributed by atoms with Crippen LogP contribution in [0.3, 0.4) is 0 Å². The van der Waals surface area contributed by atoms with Crippen LogP contribution in [0, 0.1) is 0 Å². The first kappa shape index (κ1) is 13.8. The minimum Gasteiger partial charge on any atom is -0.298 e. The molecule has 3 heterocycles. The predicted molar refractivity (Wildman–Crippen MR) is 75.1 cm³/mol. The maximum Gasteiger partial charge on any atom is 0.254 e. The molecule has 0 radical (unpaired) electrons. The lowest BCUT2D eigenvalue weighted by Crippen LogP contribution is -2.55. The van der Waals surface area contributed by atoms with E-state index in [1.165, 1.54) is 19.0 Å². The molecular weight excluding hydrogens is 306 g/mol. The Morgan fingerprint density at radius 1 is 1.32 bits per heavy atom. The van der Waals surface area contributed by atoms with Crippen LogP contribution in [0.15, 0.2) is 10.4 Å². The summed E-state index contributed by atoms with van der Waals surface area (Å²) in [6.45, 7) is 3.09. The second-order valence-electron chi connectivity index (χ2n) is 4.98. The molecule has 2 aliphatic heterocycles. The summed E-state index contributed by atoms with van der Waals surface area (Å²) in [5, 5.41) is 0. The van der Waals surface area contributed by atoms with E-state index in [0.717, 1.165) is 30.8 Å². The monoisotopic (exact) mass is 321 g/mol. The molecule has 0 spiro atoms. The number of hydrogen-bond acceptors (Lipinski definition) is 5. The molecule has 1 aromatic rings. The Morgan fingerprint density at radius 2 is 2.16 bits per heavy atom. The van der Waals surface area contributed by atoms with Crippen molar-refractivity contribution in [2.45, 2.75) is 29.5 Å². The van der Waals surface area contributed by atoms with E-state index in [0.29, 0.717) is 19.1 Å². The molecule has 3 rings (SSSR count). The van der Waals surface area contributed by atoms with Crippen LogP contribution in [0.1, 0.15) is 19.3 Å². The number of aromatic nitrogens is 1. The van der Waals surface area contributed by atoms with Crippen LogP contribution in [0.2, 0.25) is 4.47 Å². The molecule has 5 nitrogen and oxygen atoms in total. The van der Waals surface area contributed by atoms with Gasteiger partial charge in [-0.25, -0.2) is 13.4 Å². The summed E-state index contributed by atoms with van der Waals surface area (Å²) in [4.78, 5) is 6.24. The highest BCUT2D eigenvalue weighted by atomic mass is 35.5. The molecule has 2 fully saturated rings. The third-order valence-electron chi connectivity index (χ3n) is 3.85. The number of rotatable bonds is 2. The van der Waals surface area contributed by atoms with Crippen LogP contribution in [0.25, 0.3) is 0 Å². The summed E-state index contributed by atoms with van der Waals surface area (Å²) in [6.07, 6.45) is 4.88. The summed E-state index contributed by atoms with van der Waals surface area (Å²) >= 11 is 6.76. The predicted octanol–water partition coefficient (Wildman–Crippen LogP) is 1.66. The van der Waals surface area contributed by atoms with E-state index >= 15 is 0 Å². The second-order valence-corrected chi connectivity index (χ2v) is 8.76. The van der Waals surface area contributed by atoms with Gasteiger partial charge in [0, 0.05) is 25.7 Å². The van der Waals surface area contributed by atoms with Crippen molar-refractivity contribution in [1.29, 1.82) is 0 Å². The molecule has 19 heavy (non-hydrogen) atoms. The van der Waals surface area contributed by atoms with Crippen molar-refractivity contribution in [3.8, 4) is 0 Å². The van der Waals surface area contributed by atoms with E-state index in [9.17, 15) is 8.42 Å². The number of halogens is 1. The summed E-state index contributed by atoms with van der Waals surface area (Å²) < 4.78 is 27.1. The van der Waals surface area contributed by atoms with Gasteiger partial charge in [-0.2, -0.15) is 4.31 Å². The van der Waals surface area contributed by atoms with Gasteiger partial charge in [0.2, 0.25) is 0 Å². The normalized spacial score (nSPS) is 26.3. The average Bonchev–Trinajstić information content (AvgIpc) is 2.85. The minimum atomic E-state index is -3.41. The zero-order valence-electron chi connectivity index (χ0n) is 10.5. The summed E-state index contributed by atoms with van der Waals surface area (Å²) in [5.41, 5.74) is 0. The molecule has 0 saturated carbocycles. The lowest BCUT2D eigenvalue weighted by Gasteiger charge is -2.43. The van der Waals surface area contributed by atoms with Gasteiger partial charge in [-0.1, -0.05) is 29.4 Å². The number of piperazine rings is 1. The molecule has 2 aliphatic rings. The summed E-state index contributed by atoms with van der Waals surface area (Å²) in [5.74, 6) is 0. The lowest BCUT2D eigenvalue weighted by molar-refractivity contribution is 0.0852. The summed E-state index contributed by atoms with van der Waals surface area (Å²) in [6, 6.07) is 0.376. The van der Waals surface area contributed by atoms with E-state index in [1.54, 1.807) is 4.31 Å². The molecule has 1 unspecified atom stereocenters. The highest BCUT2D eigenvalue weighted by Gasteiger charge is 2.35. The Hall–Kier alpha value is -0.210. The van der Waals surface area contributed by atoms with Crippen LogP contribution in [0.4, 0.5) is 0 Å². The second kappa shape index (κ2) is 5.29. The minimum absolute atomic E-state index is 0.252. The average molecular weight is 322 g/mol. The topological polar surface area (TPSA) is 53.5 Å². The molecule has 0 N–H and O–H groups in total. The van der Waals surface area contributed by atoms with Crippen molar-refractivity contribution in [2.75, 3.05) is 26.2 Å². The number of hydrogen-bond donors (Lipinski definition) is 0. The molecule has 1 atom stereocenters. The van der Waals surface area contributed by atoms with E-state index in [2.05, 4.69) is 9.88 Å².